The van der Waals surface area contributed by atoms with Gasteiger partial charge in [-0.2, -0.15) is 0 Å². The first-order valence-corrected chi connectivity index (χ1v) is 7.53. The van der Waals surface area contributed by atoms with Crippen molar-refractivity contribution in [3.05, 3.63) is 62.6 Å². The van der Waals surface area contributed by atoms with E-state index in [9.17, 15) is 9.59 Å². The minimum absolute atomic E-state index is 0.0403. The summed E-state index contributed by atoms with van der Waals surface area (Å²) < 4.78 is 0.700. The van der Waals surface area contributed by atoms with Crippen LogP contribution in [0.15, 0.2) is 40.9 Å². The second-order valence-electron chi connectivity index (χ2n) is 4.93. The molecule has 0 saturated heterocycles. The number of carbonyl (C=O) groups is 2. The number of carbonyl (C=O) groups excluding carboxylic acids is 2. The molecule has 0 atom stereocenters. The third-order valence-electron chi connectivity index (χ3n) is 3.59. The molecule has 3 nitrogen and oxygen atoms in total. The highest BCUT2D eigenvalue weighted by atomic mass is 79.9. The summed E-state index contributed by atoms with van der Waals surface area (Å²) in [5, 5.41) is 0.512. The van der Waals surface area contributed by atoms with E-state index in [1.807, 2.05) is 6.07 Å². The Morgan fingerprint density at radius 1 is 1.24 bits per heavy atom. The molecule has 3 rings (SSSR count). The van der Waals surface area contributed by atoms with E-state index < -0.39 is 0 Å². The third-order valence-corrected chi connectivity index (χ3v) is 4.52. The topological polar surface area (TPSA) is 37.4 Å². The molecule has 0 unspecified atom stereocenters. The SMILES string of the molecule is CN1C(=O)Cc2cc(C(=O)c3cc(Cl)ccc3Br)ccc21. The molecule has 2 aromatic rings. The fourth-order valence-electron chi connectivity index (χ4n) is 2.44. The molecule has 0 radical (unpaired) electrons. The van der Waals surface area contributed by atoms with Crippen LogP contribution >= 0.6 is 27.5 Å². The third kappa shape index (κ3) is 2.49. The summed E-state index contributed by atoms with van der Waals surface area (Å²) in [6.45, 7) is 0. The summed E-state index contributed by atoms with van der Waals surface area (Å²) in [7, 11) is 1.74. The molecular formula is C16H11BrClNO2. The summed E-state index contributed by atoms with van der Waals surface area (Å²) in [6, 6.07) is 10.4. The van der Waals surface area contributed by atoms with Crippen LogP contribution in [0, 0.1) is 0 Å². The van der Waals surface area contributed by atoms with Gasteiger partial charge in [0.2, 0.25) is 5.91 Å². The highest BCUT2D eigenvalue weighted by Crippen LogP contribution is 2.30. The molecule has 0 aliphatic carbocycles. The fraction of sp³-hybridized carbons (Fsp3) is 0.125. The maximum atomic E-state index is 12.6. The average Bonchev–Trinajstić information content (AvgIpc) is 2.75. The smallest absolute Gasteiger partial charge is 0.231 e. The number of fused-ring (bicyclic) bond motifs is 1. The summed E-state index contributed by atoms with van der Waals surface area (Å²) in [5.41, 5.74) is 2.81. The van der Waals surface area contributed by atoms with Crippen molar-refractivity contribution in [1.82, 2.24) is 0 Å². The van der Waals surface area contributed by atoms with Crippen LogP contribution in [0.3, 0.4) is 0 Å². The number of ketones is 1. The molecule has 0 fully saturated rings. The predicted octanol–water partition coefficient (Wildman–Crippen LogP) is 3.85. The predicted molar refractivity (Wildman–Crippen MR) is 86.1 cm³/mol. The zero-order chi connectivity index (χ0) is 15.1. The zero-order valence-electron chi connectivity index (χ0n) is 11.2. The molecule has 0 bridgehead atoms. The van der Waals surface area contributed by atoms with Gasteiger partial charge in [0.25, 0.3) is 0 Å². The van der Waals surface area contributed by atoms with Gasteiger partial charge in [0.1, 0.15) is 0 Å². The van der Waals surface area contributed by atoms with Crippen molar-refractivity contribution in [2.75, 3.05) is 11.9 Å². The number of halogens is 2. The first-order valence-electron chi connectivity index (χ1n) is 6.36. The summed E-state index contributed by atoms with van der Waals surface area (Å²) in [4.78, 5) is 25.9. The molecular weight excluding hydrogens is 354 g/mol. The van der Waals surface area contributed by atoms with Gasteiger partial charge in [0.15, 0.2) is 5.78 Å². The van der Waals surface area contributed by atoms with E-state index in [4.69, 9.17) is 11.6 Å². The number of benzene rings is 2. The van der Waals surface area contributed by atoms with E-state index in [2.05, 4.69) is 15.9 Å². The number of hydrogen-bond donors (Lipinski definition) is 0. The van der Waals surface area contributed by atoms with Gasteiger partial charge in [-0.1, -0.05) is 27.5 Å². The first kappa shape index (κ1) is 14.3. The quantitative estimate of drug-likeness (QED) is 0.759. The molecule has 0 N–H and O–H groups in total. The lowest BCUT2D eigenvalue weighted by Crippen LogP contribution is -2.20. The van der Waals surface area contributed by atoms with Crippen molar-refractivity contribution < 1.29 is 9.59 Å². The largest absolute Gasteiger partial charge is 0.315 e. The first-order chi connectivity index (χ1) is 9.97. The number of nitrogens with zero attached hydrogens (tertiary/aromatic N) is 1. The van der Waals surface area contributed by atoms with Gasteiger partial charge >= 0.3 is 0 Å². The molecule has 21 heavy (non-hydrogen) atoms. The Morgan fingerprint density at radius 2 is 2.00 bits per heavy atom. The van der Waals surface area contributed by atoms with E-state index in [-0.39, 0.29) is 11.7 Å². The van der Waals surface area contributed by atoms with Gasteiger partial charge < -0.3 is 4.90 Å². The number of rotatable bonds is 2. The van der Waals surface area contributed by atoms with Crippen LogP contribution in [0.5, 0.6) is 0 Å². The van der Waals surface area contributed by atoms with E-state index in [0.29, 0.717) is 27.0 Å². The Bertz CT molecular complexity index is 773. The van der Waals surface area contributed by atoms with Crippen molar-refractivity contribution in [3.8, 4) is 0 Å². The van der Waals surface area contributed by atoms with Crippen molar-refractivity contribution in [2.24, 2.45) is 0 Å². The molecule has 2 aromatic carbocycles. The molecule has 1 amide bonds. The lowest BCUT2D eigenvalue weighted by molar-refractivity contribution is -0.117. The summed E-state index contributed by atoms with van der Waals surface area (Å²) >= 11 is 9.32. The normalized spacial score (nSPS) is 13.5. The van der Waals surface area contributed by atoms with E-state index in [0.717, 1.165) is 11.3 Å². The summed E-state index contributed by atoms with van der Waals surface area (Å²) in [5.74, 6) is -0.0762. The molecule has 0 spiro atoms. The van der Waals surface area contributed by atoms with Gasteiger partial charge in [-0.15, -0.1) is 0 Å². The van der Waals surface area contributed by atoms with Crippen molar-refractivity contribution >= 4 is 44.9 Å². The molecule has 1 aliphatic rings. The van der Waals surface area contributed by atoms with Crippen molar-refractivity contribution in [3.63, 3.8) is 0 Å². The van der Waals surface area contributed by atoms with E-state index in [1.165, 1.54) is 0 Å². The van der Waals surface area contributed by atoms with Gasteiger partial charge in [-0.25, -0.2) is 0 Å². The Kier molecular flexibility index (Phi) is 3.59. The van der Waals surface area contributed by atoms with Crippen molar-refractivity contribution in [2.45, 2.75) is 6.42 Å². The van der Waals surface area contributed by atoms with Crippen LogP contribution in [-0.2, 0) is 11.2 Å². The van der Waals surface area contributed by atoms with Crippen LogP contribution in [0.4, 0.5) is 5.69 Å². The maximum Gasteiger partial charge on any atom is 0.231 e. The zero-order valence-corrected chi connectivity index (χ0v) is 13.5. The average molecular weight is 365 g/mol. The second kappa shape index (κ2) is 5.28. The van der Waals surface area contributed by atoms with Crippen molar-refractivity contribution in [1.29, 1.82) is 0 Å². The minimum Gasteiger partial charge on any atom is -0.315 e. The molecule has 1 aliphatic heterocycles. The van der Waals surface area contributed by atoms with Gasteiger partial charge in [-0.05, 0) is 42.0 Å². The fourth-order valence-corrected chi connectivity index (χ4v) is 3.04. The molecule has 0 saturated carbocycles. The molecule has 1 heterocycles. The van der Waals surface area contributed by atoms with Gasteiger partial charge in [0.05, 0.1) is 6.42 Å². The summed E-state index contributed by atoms with van der Waals surface area (Å²) in [6.07, 6.45) is 0.337. The van der Waals surface area contributed by atoms with Crippen LogP contribution in [0.2, 0.25) is 5.02 Å². The number of hydrogen-bond acceptors (Lipinski definition) is 2. The Labute approximate surface area is 135 Å². The van der Waals surface area contributed by atoms with E-state index in [1.54, 1.807) is 42.3 Å². The number of likely N-dealkylation sites (N-methyl/N-ethyl adjacent to an activating group) is 1. The highest BCUT2D eigenvalue weighted by molar-refractivity contribution is 9.10. The van der Waals surface area contributed by atoms with E-state index >= 15 is 0 Å². The standard InChI is InChI=1S/C16H11BrClNO2/c1-19-14-5-2-9(6-10(14)7-15(19)20)16(21)12-8-11(18)3-4-13(12)17/h2-6,8H,7H2,1H3. The Hall–Kier alpha value is -1.65. The highest BCUT2D eigenvalue weighted by Gasteiger charge is 2.25. The number of amides is 1. The molecule has 5 heteroatoms. The van der Waals surface area contributed by atoms with Crippen LogP contribution < -0.4 is 4.90 Å². The van der Waals surface area contributed by atoms with Crippen LogP contribution in [0.1, 0.15) is 21.5 Å². The minimum atomic E-state index is -0.117. The second-order valence-corrected chi connectivity index (χ2v) is 6.22. The van der Waals surface area contributed by atoms with Gasteiger partial charge in [-0.3, -0.25) is 9.59 Å². The monoisotopic (exact) mass is 363 g/mol. The van der Waals surface area contributed by atoms with Gasteiger partial charge in [0, 0.05) is 33.4 Å². The lowest BCUT2D eigenvalue weighted by atomic mass is 10.0. The molecule has 0 aromatic heterocycles. The lowest BCUT2D eigenvalue weighted by Gasteiger charge is -2.10. The Balaban J connectivity index is 2.02. The van der Waals surface area contributed by atoms with Crippen LogP contribution in [0.25, 0.3) is 0 Å². The maximum absolute atomic E-state index is 12.6. The number of anilines is 1. The molecule has 106 valence electrons. The Morgan fingerprint density at radius 3 is 2.76 bits per heavy atom. The van der Waals surface area contributed by atoms with Crippen LogP contribution in [-0.4, -0.2) is 18.7 Å².